The van der Waals surface area contributed by atoms with Crippen molar-refractivity contribution in [2.45, 2.75) is 59.5 Å². The van der Waals surface area contributed by atoms with Gasteiger partial charge in [-0.25, -0.2) is 0 Å². The first kappa shape index (κ1) is 16.4. The van der Waals surface area contributed by atoms with E-state index in [1.54, 1.807) is 0 Å². The Balaban J connectivity index is 0. The molecule has 0 aromatic rings. The second-order valence-electron chi connectivity index (χ2n) is 4.05. The van der Waals surface area contributed by atoms with Crippen molar-refractivity contribution in [3.63, 3.8) is 0 Å². The fourth-order valence-electron chi connectivity index (χ4n) is 1.18. The first-order valence-corrected chi connectivity index (χ1v) is 5.89. The van der Waals surface area contributed by atoms with Gasteiger partial charge in [0.2, 0.25) is 0 Å². The molecular weight excluding hydrogens is 174 g/mol. The van der Waals surface area contributed by atoms with Crippen molar-refractivity contribution in [3.05, 3.63) is 0 Å². The van der Waals surface area contributed by atoms with Crippen LogP contribution in [0.2, 0.25) is 0 Å². The van der Waals surface area contributed by atoms with E-state index in [1.165, 1.54) is 0 Å². The molecule has 0 rings (SSSR count). The van der Waals surface area contributed by atoms with Crippen LogP contribution in [0.25, 0.3) is 0 Å². The minimum atomic E-state index is -0.456. The third-order valence-corrected chi connectivity index (χ3v) is 2.49. The summed E-state index contributed by atoms with van der Waals surface area (Å²) in [5.41, 5.74) is -0.456. The molecule has 0 heterocycles. The van der Waals surface area contributed by atoms with Gasteiger partial charge in [-0.2, -0.15) is 0 Å². The topological polar surface area (TPSA) is 32.3 Å². The van der Waals surface area contributed by atoms with Gasteiger partial charge < -0.3 is 10.4 Å². The largest absolute Gasteiger partial charge is 0.390 e. The van der Waals surface area contributed by atoms with Crippen molar-refractivity contribution in [3.8, 4) is 0 Å². The Kier molecular flexibility index (Phi) is 11.1. The predicted octanol–water partition coefficient (Wildman–Crippen LogP) is 2.81. The molecule has 0 fully saturated rings. The second-order valence-corrected chi connectivity index (χ2v) is 4.05. The zero-order chi connectivity index (χ0) is 11.6. The molecule has 2 atom stereocenters. The predicted molar refractivity (Wildman–Crippen MR) is 64.6 cm³/mol. The van der Waals surface area contributed by atoms with Crippen LogP contribution in [-0.2, 0) is 0 Å². The molecule has 0 saturated carbocycles. The molecule has 0 aromatic heterocycles. The summed E-state index contributed by atoms with van der Waals surface area (Å²) in [4.78, 5) is 0. The van der Waals surface area contributed by atoms with E-state index in [0.717, 1.165) is 25.8 Å². The van der Waals surface area contributed by atoms with Gasteiger partial charge in [-0.15, -0.1) is 0 Å². The Hall–Kier alpha value is -0.0800. The molecule has 2 nitrogen and oxygen atoms in total. The van der Waals surface area contributed by atoms with Gasteiger partial charge in [0.05, 0.1) is 5.60 Å². The highest BCUT2D eigenvalue weighted by molar-refractivity contribution is 4.71. The number of hydrogen-bond donors (Lipinski definition) is 2. The Labute approximate surface area is 90.1 Å². The maximum atomic E-state index is 9.72. The van der Waals surface area contributed by atoms with Crippen molar-refractivity contribution in [2.24, 2.45) is 5.92 Å². The van der Waals surface area contributed by atoms with E-state index in [1.807, 2.05) is 34.7 Å². The Morgan fingerprint density at radius 2 is 1.86 bits per heavy atom. The summed E-state index contributed by atoms with van der Waals surface area (Å²) in [6, 6.07) is 0. The highest BCUT2D eigenvalue weighted by Crippen LogP contribution is 2.18. The zero-order valence-electron chi connectivity index (χ0n) is 10.9. The number of nitrogens with one attached hydrogen (secondary N) is 1. The van der Waals surface area contributed by atoms with Gasteiger partial charge in [-0.05, 0) is 45.7 Å². The summed E-state index contributed by atoms with van der Waals surface area (Å²) in [5, 5.41) is 12.9. The lowest BCUT2D eigenvalue weighted by Crippen LogP contribution is -2.25. The zero-order valence-corrected chi connectivity index (χ0v) is 10.9. The van der Waals surface area contributed by atoms with Gasteiger partial charge >= 0.3 is 0 Å². The lowest BCUT2D eigenvalue weighted by molar-refractivity contribution is 0.0410. The third kappa shape index (κ3) is 10.0. The number of aliphatic hydroxyl groups is 1. The number of hydrogen-bond acceptors (Lipinski definition) is 2. The molecule has 0 amide bonds. The van der Waals surface area contributed by atoms with E-state index in [2.05, 4.69) is 12.2 Å². The molecule has 0 radical (unpaired) electrons. The summed E-state index contributed by atoms with van der Waals surface area (Å²) in [6.45, 7) is 11.2. The summed E-state index contributed by atoms with van der Waals surface area (Å²) in [6.07, 6.45) is 2.85. The highest BCUT2D eigenvalue weighted by atomic mass is 16.3. The van der Waals surface area contributed by atoms with E-state index < -0.39 is 5.60 Å². The van der Waals surface area contributed by atoms with Crippen LogP contribution in [0.4, 0.5) is 0 Å². The van der Waals surface area contributed by atoms with Crippen LogP contribution < -0.4 is 5.32 Å². The minimum Gasteiger partial charge on any atom is -0.390 e. The summed E-state index contributed by atoms with van der Waals surface area (Å²) >= 11 is 0. The van der Waals surface area contributed by atoms with Gasteiger partial charge in [0, 0.05) is 0 Å². The number of rotatable bonds is 6. The van der Waals surface area contributed by atoms with E-state index in [-0.39, 0.29) is 0 Å². The van der Waals surface area contributed by atoms with Crippen LogP contribution in [0.3, 0.4) is 0 Å². The van der Waals surface area contributed by atoms with Gasteiger partial charge in [0.1, 0.15) is 0 Å². The lowest BCUT2D eigenvalue weighted by Gasteiger charge is -2.23. The van der Waals surface area contributed by atoms with E-state index in [4.69, 9.17) is 0 Å². The van der Waals surface area contributed by atoms with E-state index >= 15 is 0 Å². The van der Waals surface area contributed by atoms with Crippen LogP contribution in [0.1, 0.15) is 53.9 Å². The minimum absolute atomic E-state index is 0.456. The normalized spacial score (nSPS) is 16.5. The van der Waals surface area contributed by atoms with Crippen molar-refractivity contribution in [1.82, 2.24) is 5.32 Å². The standard InChI is InChI=1S/C10H23NO.C2H6/c1-5-10(3,12)7-6-9(2)8-11-4;1-2/h9,11-12H,5-8H2,1-4H3;1-2H3. The van der Waals surface area contributed by atoms with Crippen LogP contribution in [-0.4, -0.2) is 24.3 Å². The fraction of sp³-hybridized carbons (Fsp3) is 1.00. The molecule has 0 aliphatic rings. The Morgan fingerprint density at radius 3 is 2.21 bits per heavy atom. The maximum Gasteiger partial charge on any atom is 0.0617 e. The molecule has 0 aliphatic heterocycles. The van der Waals surface area contributed by atoms with Gasteiger partial charge in [-0.1, -0.05) is 27.7 Å². The first-order chi connectivity index (χ1) is 6.52. The molecule has 2 N–H and O–H groups in total. The monoisotopic (exact) mass is 203 g/mol. The molecule has 88 valence electrons. The van der Waals surface area contributed by atoms with Crippen molar-refractivity contribution in [2.75, 3.05) is 13.6 Å². The first-order valence-electron chi connectivity index (χ1n) is 5.89. The second kappa shape index (κ2) is 9.47. The van der Waals surface area contributed by atoms with Gasteiger partial charge in [0.25, 0.3) is 0 Å². The molecule has 2 unspecified atom stereocenters. The lowest BCUT2D eigenvalue weighted by atomic mass is 9.92. The average Bonchev–Trinajstić information content (AvgIpc) is 2.19. The smallest absolute Gasteiger partial charge is 0.0617 e. The Morgan fingerprint density at radius 1 is 1.36 bits per heavy atom. The Bertz CT molecular complexity index is 113. The average molecular weight is 203 g/mol. The molecule has 0 saturated heterocycles. The van der Waals surface area contributed by atoms with E-state index in [9.17, 15) is 5.11 Å². The summed E-state index contributed by atoms with van der Waals surface area (Å²) < 4.78 is 0. The van der Waals surface area contributed by atoms with Crippen LogP contribution in [0.15, 0.2) is 0 Å². The maximum absolute atomic E-state index is 9.72. The molecular formula is C12H29NO. The van der Waals surface area contributed by atoms with Crippen LogP contribution in [0, 0.1) is 5.92 Å². The molecule has 0 bridgehead atoms. The molecule has 0 aromatic carbocycles. The van der Waals surface area contributed by atoms with Crippen molar-refractivity contribution >= 4 is 0 Å². The highest BCUT2D eigenvalue weighted by Gasteiger charge is 2.17. The summed E-state index contributed by atoms with van der Waals surface area (Å²) in [5.74, 6) is 0.660. The quantitative estimate of drug-likeness (QED) is 0.696. The van der Waals surface area contributed by atoms with Gasteiger partial charge in [-0.3, -0.25) is 0 Å². The van der Waals surface area contributed by atoms with Crippen molar-refractivity contribution < 1.29 is 5.11 Å². The molecule has 2 heteroatoms. The third-order valence-electron chi connectivity index (χ3n) is 2.49. The summed E-state index contributed by atoms with van der Waals surface area (Å²) in [7, 11) is 1.97. The van der Waals surface area contributed by atoms with Crippen LogP contribution in [0.5, 0.6) is 0 Å². The SMILES string of the molecule is CC.CCC(C)(O)CCC(C)CNC. The fourth-order valence-corrected chi connectivity index (χ4v) is 1.18. The molecule has 0 aliphatic carbocycles. The van der Waals surface area contributed by atoms with E-state index in [0.29, 0.717) is 5.92 Å². The molecule has 0 spiro atoms. The molecule has 14 heavy (non-hydrogen) atoms. The van der Waals surface area contributed by atoms with Crippen LogP contribution >= 0.6 is 0 Å². The van der Waals surface area contributed by atoms with Gasteiger partial charge in [0.15, 0.2) is 0 Å². The van der Waals surface area contributed by atoms with Crippen molar-refractivity contribution in [1.29, 1.82) is 0 Å².